The van der Waals surface area contributed by atoms with E-state index >= 15 is 0 Å². The number of nitrogens with two attached hydrogens (primary N) is 1. The Labute approximate surface area is 206 Å². The monoisotopic (exact) mass is 484 g/mol. The van der Waals surface area contributed by atoms with E-state index in [1.54, 1.807) is 18.2 Å². The highest BCUT2D eigenvalue weighted by Crippen LogP contribution is 2.27. The minimum Gasteiger partial charge on any atom is -0.334 e. The third-order valence-electron chi connectivity index (χ3n) is 6.00. The number of nitrogens with zero attached hydrogens (tertiary/aromatic N) is 1. The topological polar surface area (TPSA) is 80.5 Å². The Kier molecular flexibility index (Phi) is 7.44. The number of amides is 1. The fourth-order valence-electron chi connectivity index (χ4n) is 4.08. The molecule has 0 saturated carbocycles. The van der Waals surface area contributed by atoms with Gasteiger partial charge in [0.1, 0.15) is 0 Å². The molecule has 0 atom stereocenters. The molecule has 2 N–H and O–H groups in total. The van der Waals surface area contributed by atoms with Gasteiger partial charge < -0.3 is 4.90 Å². The number of sulfonamides is 1. The molecule has 0 unspecified atom stereocenters. The van der Waals surface area contributed by atoms with Gasteiger partial charge in [0, 0.05) is 18.7 Å². The smallest absolute Gasteiger partial charge is 0.238 e. The molecule has 6 heteroatoms. The highest BCUT2D eigenvalue weighted by atomic mass is 32.2. The highest BCUT2D eigenvalue weighted by molar-refractivity contribution is 7.89. The summed E-state index contributed by atoms with van der Waals surface area (Å²) in [7, 11) is -3.84. The summed E-state index contributed by atoms with van der Waals surface area (Å²) >= 11 is 0. The maximum absolute atomic E-state index is 13.4. The molecule has 5 nitrogen and oxygen atoms in total. The molecule has 178 valence electrons. The van der Waals surface area contributed by atoms with Crippen LogP contribution in [-0.4, -0.2) is 19.2 Å². The molecule has 4 aromatic rings. The van der Waals surface area contributed by atoms with Gasteiger partial charge in [-0.2, -0.15) is 0 Å². The third kappa shape index (κ3) is 6.23. The van der Waals surface area contributed by atoms with Crippen molar-refractivity contribution >= 4 is 15.9 Å². The number of hydrogen-bond donors (Lipinski definition) is 1. The van der Waals surface area contributed by atoms with Crippen LogP contribution in [0.25, 0.3) is 11.1 Å². The first-order chi connectivity index (χ1) is 16.8. The van der Waals surface area contributed by atoms with E-state index in [1.807, 2.05) is 90.7 Å². The summed E-state index contributed by atoms with van der Waals surface area (Å²) in [5, 5.41) is 5.40. The van der Waals surface area contributed by atoms with Crippen LogP contribution in [0, 0.1) is 6.92 Å². The second-order valence-electron chi connectivity index (χ2n) is 8.58. The molecule has 4 rings (SSSR count). The molecule has 0 heterocycles. The van der Waals surface area contributed by atoms with E-state index in [-0.39, 0.29) is 10.8 Å². The van der Waals surface area contributed by atoms with E-state index in [2.05, 4.69) is 0 Å². The molecule has 1 amide bonds. The maximum Gasteiger partial charge on any atom is 0.238 e. The number of aryl methyl sites for hydroxylation is 1. The summed E-state index contributed by atoms with van der Waals surface area (Å²) in [6.45, 7) is 2.96. The summed E-state index contributed by atoms with van der Waals surface area (Å²) in [6, 6.07) is 32.1. The van der Waals surface area contributed by atoms with E-state index < -0.39 is 10.0 Å². The number of carbonyl (C=O) groups is 1. The van der Waals surface area contributed by atoms with Gasteiger partial charge in [-0.1, -0.05) is 97.1 Å². The fourth-order valence-corrected chi connectivity index (χ4v) is 4.84. The number of benzene rings is 4. The molecular weight excluding hydrogens is 456 g/mol. The van der Waals surface area contributed by atoms with Gasteiger partial charge in [-0.05, 0) is 40.8 Å². The van der Waals surface area contributed by atoms with Crippen LogP contribution < -0.4 is 5.14 Å². The average molecular weight is 485 g/mol. The van der Waals surface area contributed by atoms with Crippen molar-refractivity contribution in [3.8, 4) is 11.1 Å². The Morgan fingerprint density at radius 1 is 0.743 bits per heavy atom. The first-order valence-electron chi connectivity index (χ1n) is 11.4. The van der Waals surface area contributed by atoms with Gasteiger partial charge in [-0.15, -0.1) is 0 Å². The first kappa shape index (κ1) is 24.4. The number of hydrogen-bond acceptors (Lipinski definition) is 3. The van der Waals surface area contributed by atoms with E-state index in [0.29, 0.717) is 25.1 Å². The second kappa shape index (κ2) is 10.7. The lowest BCUT2D eigenvalue weighted by Gasteiger charge is -2.24. The van der Waals surface area contributed by atoms with Crippen molar-refractivity contribution in [2.24, 2.45) is 5.14 Å². The molecule has 0 fully saturated rings. The minimum absolute atomic E-state index is 0.0480. The quantitative estimate of drug-likeness (QED) is 0.379. The van der Waals surface area contributed by atoms with E-state index in [1.165, 1.54) is 6.07 Å². The zero-order valence-corrected chi connectivity index (χ0v) is 20.4. The Balaban J connectivity index is 1.58. The molecule has 0 spiro atoms. The van der Waals surface area contributed by atoms with Gasteiger partial charge in [0.2, 0.25) is 15.9 Å². The lowest BCUT2D eigenvalue weighted by atomic mass is 10.0. The second-order valence-corrected chi connectivity index (χ2v) is 10.1. The van der Waals surface area contributed by atoms with Crippen LogP contribution in [0.5, 0.6) is 0 Å². The maximum atomic E-state index is 13.4. The van der Waals surface area contributed by atoms with Gasteiger partial charge in [0.15, 0.2) is 0 Å². The van der Waals surface area contributed by atoms with Crippen LogP contribution in [0.1, 0.15) is 22.3 Å². The van der Waals surface area contributed by atoms with Crippen LogP contribution in [0.3, 0.4) is 0 Å². The molecule has 0 radical (unpaired) electrons. The Bertz CT molecular complexity index is 1420. The molecule has 4 aromatic carbocycles. The van der Waals surface area contributed by atoms with Crippen molar-refractivity contribution in [2.45, 2.75) is 31.3 Å². The van der Waals surface area contributed by atoms with Crippen LogP contribution in [0.2, 0.25) is 0 Å². The van der Waals surface area contributed by atoms with E-state index in [9.17, 15) is 13.2 Å². The van der Waals surface area contributed by atoms with Gasteiger partial charge >= 0.3 is 0 Å². The van der Waals surface area contributed by atoms with Crippen molar-refractivity contribution < 1.29 is 13.2 Å². The van der Waals surface area contributed by atoms with Crippen LogP contribution in [0.15, 0.2) is 108 Å². The van der Waals surface area contributed by atoms with Crippen LogP contribution in [-0.2, 0) is 34.3 Å². The molecular formula is C29H28N2O3S. The van der Waals surface area contributed by atoms with Crippen molar-refractivity contribution in [3.63, 3.8) is 0 Å². The standard InChI is InChI=1S/C29H28N2O3S/c1-22-9-5-6-12-26(22)19-29(32)31(20-23-10-3-2-4-11-23)21-24-15-17-25(18-16-24)27-13-7-8-14-28(27)35(30,33)34/h2-18H,19-21H2,1H3,(H2,30,33,34). The summed E-state index contributed by atoms with van der Waals surface area (Å²) < 4.78 is 24.0. The van der Waals surface area contributed by atoms with Crippen molar-refractivity contribution in [1.29, 1.82) is 0 Å². The zero-order chi connectivity index (χ0) is 24.8. The number of rotatable bonds is 8. The zero-order valence-electron chi connectivity index (χ0n) is 19.6. The highest BCUT2D eigenvalue weighted by Gasteiger charge is 2.18. The molecule has 0 aliphatic heterocycles. The largest absolute Gasteiger partial charge is 0.334 e. The first-order valence-corrected chi connectivity index (χ1v) is 12.9. The molecule has 0 aromatic heterocycles. The average Bonchev–Trinajstić information content (AvgIpc) is 2.85. The molecule has 0 aliphatic carbocycles. The molecule has 0 aliphatic rings. The van der Waals surface area contributed by atoms with Gasteiger partial charge in [0.05, 0.1) is 11.3 Å². The van der Waals surface area contributed by atoms with Crippen molar-refractivity contribution in [3.05, 3.63) is 125 Å². The SMILES string of the molecule is Cc1ccccc1CC(=O)N(Cc1ccccc1)Cc1ccc(-c2ccccc2S(N)(=O)=O)cc1. The Hall–Kier alpha value is -3.74. The predicted octanol–water partition coefficient (Wildman–Crippen LogP) is 5.08. The Morgan fingerprint density at radius 3 is 1.97 bits per heavy atom. The lowest BCUT2D eigenvalue weighted by Crippen LogP contribution is -2.31. The van der Waals surface area contributed by atoms with Gasteiger partial charge in [-0.3, -0.25) is 4.79 Å². The molecule has 0 saturated heterocycles. The van der Waals surface area contributed by atoms with E-state index in [4.69, 9.17) is 5.14 Å². The Morgan fingerprint density at radius 2 is 1.31 bits per heavy atom. The molecule has 0 bridgehead atoms. The summed E-state index contributed by atoms with van der Waals surface area (Å²) in [6.07, 6.45) is 0.333. The number of carbonyl (C=O) groups excluding carboxylic acids is 1. The fraction of sp³-hybridized carbons (Fsp3) is 0.138. The summed E-state index contributed by atoms with van der Waals surface area (Å²) in [4.78, 5) is 15.3. The lowest BCUT2D eigenvalue weighted by molar-refractivity contribution is -0.131. The van der Waals surface area contributed by atoms with Crippen LogP contribution >= 0.6 is 0 Å². The molecule has 35 heavy (non-hydrogen) atoms. The van der Waals surface area contributed by atoms with E-state index in [0.717, 1.165) is 27.8 Å². The summed E-state index contributed by atoms with van der Waals surface area (Å²) in [5.41, 5.74) is 5.43. The van der Waals surface area contributed by atoms with Crippen molar-refractivity contribution in [2.75, 3.05) is 0 Å². The van der Waals surface area contributed by atoms with Crippen molar-refractivity contribution in [1.82, 2.24) is 4.90 Å². The third-order valence-corrected chi connectivity index (χ3v) is 6.97. The van der Waals surface area contributed by atoms with Gasteiger partial charge in [-0.25, -0.2) is 13.6 Å². The number of primary sulfonamides is 1. The van der Waals surface area contributed by atoms with Crippen LogP contribution in [0.4, 0.5) is 0 Å². The normalized spacial score (nSPS) is 11.3. The minimum atomic E-state index is -3.84. The summed E-state index contributed by atoms with van der Waals surface area (Å²) in [5.74, 6) is 0.0480. The predicted molar refractivity (Wildman–Crippen MR) is 139 cm³/mol. The van der Waals surface area contributed by atoms with Gasteiger partial charge in [0.25, 0.3) is 0 Å².